The number of ether oxygens (including phenoxy) is 1. The number of halogens is 2. The van der Waals surface area contributed by atoms with Crippen LogP contribution in [0, 0.1) is 5.82 Å². The lowest BCUT2D eigenvalue weighted by molar-refractivity contribution is 0.0597. The number of hydrogen-bond donors (Lipinski definition) is 2. The van der Waals surface area contributed by atoms with Crippen molar-refractivity contribution in [3.63, 3.8) is 0 Å². The van der Waals surface area contributed by atoms with Gasteiger partial charge in [0.1, 0.15) is 22.0 Å². The molecule has 2 rings (SSSR count). The number of methoxy groups -OCH3 is 1. The molecule has 0 amide bonds. The van der Waals surface area contributed by atoms with Gasteiger partial charge in [-0.05, 0) is 30.3 Å². The summed E-state index contributed by atoms with van der Waals surface area (Å²) in [6.45, 7) is 0. The Bertz CT molecular complexity index is 869. The van der Waals surface area contributed by atoms with Crippen LogP contribution in [0.1, 0.15) is 10.4 Å². The molecule has 9 heteroatoms. The van der Waals surface area contributed by atoms with Gasteiger partial charge in [0.2, 0.25) is 0 Å². The van der Waals surface area contributed by atoms with Crippen LogP contribution in [0.4, 0.5) is 10.1 Å². The van der Waals surface area contributed by atoms with Crippen LogP contribution in [0.25, 0.3) is 0 Å². The molecule has 0 bridgehead atoms. The molecule has 0 heterocycles. The monoisotopic (exact) mass is 359 g/mol. The van der Waals surface area contributed by atoms with Gasteiger partial charge in [0.05, 0.1) is 17.8 Å². The molecule has 0 spiro atoms. The van der Waals surface area contributed by atoms with E-state index in [4.69, 9.17) is 11.6 Å². The van der Waals surface area contributed by atoms with Crippen LogP contribution in [-0.4, -0.2) is 26.6 Å². The van der Waals surface area contributed by atoms with Gasteiger partial charge in [-0.3, -0.25) is 4.72 Å². The fourth-order valence-electron chi connectivity index (χ4n) is 1.78. The molecule has 0 radical (unpaired) electrons. The first kappa shape index (κ1) is 17.0. The maximum Gasteiger partial charge on any atom is 0.341 e. The lowest BCUT2D eigenvalue weighted by atomic mass is 10.2. The fourth-order valence-corrected chi connectivity index (χ4v) is 3.36. The molecule has 0 aliphatic rings. The van der Waals surface area contributed by atoms with Gasteiger partial charge in [-0.2, -0.15) is 0 Å². The third-order valence-electron chi connectivity index (χ3n) is 2.84. The molecule has 122 valence electrons. The van der Waals surface area contributed by atoms with Crippen LogP contribution in [0.15, 0.2) is 41.3 Å². The summed E-state index contributed by atoms with van der Waals surface area (Å²) in [5.74, 6) is -1.89. The fraction of sp³-hybridized carbons (Fsp3) is 0.0714. The molecule has 6 nitrogen and oxygen atoms in total. The van der Waals surface area contributed by atoms with E-state index in [0.717, 1.165) is 31.4 Å². The van der Waals surface area contributed by atoms with E-state index in [-0.39, 0.29) is 21.2 Å². The van der Waals surface area contributed by atoms with Gasteiger partial charge in [-0.1, -0.05) is 11.6 Å². The number of benzene rings is 2. The molecular weight excluding hydrogens is 349 g/mol. The molecule has 0 atom stereocenters. The molecule has 2 aromatic rings. The predicted molar refractivity (Wildman–Crippen MR) is 81.7 cm³/mol. The average Bonchev–Trinajstić information content (AvgIpc) is 2.45. The van der Waals surface area contributed by atoms with Gasteiger partial charge >= 0.3 is 5.97 Å². The largest absolute Gasteiger partial charge is 0.507 e. The summed E-state index contributed by atoms with van der Waals surface area (Å²) >= 11 is 5.73. The van der Waals surface area contributed by atoms with Crippen molar-refractivity contribution >= 4 is 33.3 Å². The molecule has 0 saturated heterocycles. The topological polar surface area (TPSA) is 92.7 Å². The van der Waals surface area contributed by atoms with Gasteiger partial charge in [-0.15, -0.1) is 0 Å². The summed E-state index contributed by atoms with van der Waals surface area (Å²) in [4.78, 5) is 11.0. The minimum absolute atomic E-state index is 0.00413. The number of carbonyl (C=O) groups is 1. The minimum atomic E-state index is -4.09. The van der Waals surface area contributed by atoms with Crippen LogP contribution in [-0.2, 0) is 14.8 Å². The number of phenols is 1. The zero-order valence-electron chi connectivity index (χ0n) is 11.7. The first-order chi connectivity index (χ1) is 10.7. The zero-order valence-corrected chi connectivity index (χ0v) is 13.3. The smallest absolute Gasteiger partial charge is 0.341 e. The van der Waals surface area contributed by atoms with Crippen LogP contribution in [0.2, 0.25) is 5.02 Å². The van der Waals surface area contributed by atoms with Crippen molar-refractivity contribution in [1.29, 1.82) is 0 Å². The number of hydrogen-bond acceptors (Lipinski definition) is 5. The molecule has 23 heavy (non-hydrogen) atoms. The second-order valence-electron chi connectivity index (χ2n) is 4.40. The van der Waals surface area contributed by atoms with Gasteiger partial charge in [0, 0.05) is 6.07 Å². The Hall–Kier alpha value is -2.32. The molecule has 0 aromatic heterocycles. The normalized spacial score (nSPS) is 11.1. The van der Waals surface area contributed by atoms with Crippen LogP contribution in [0.3, 0.4) is 0 Å². The van der Waals surface area contributed by atoms with E-state index in [0.29, 0.717) is 0 Å². The third-order valence-corrected chi connectivity index (χ3v) is 4.70. The Kier molecular flexibility index (Phi) is 4.76. The Morgan fingerprint density at radius 1 is 1.26 bits per heavy atom. The summed E-state index contributed by atoms with van der Waals surface area (Å²) in [6.07, 6.45) is 0. The Morgan fingerprint density at radius 3 is 2.52 bits per heavy atom. The molecule has 0 saturated carbocycles. The molecule has 0 aliphatic carbocycles. The number of rotatable bonds is 4. The van der Waals surface area contributed by atoms with Gasteiger partial charge in [0.25, 0.3) is 10.0 Å². The highest BCUT2D eigenvalue weighted by molar-refractivity contribution is 7.92. The third kappa shape index (κ3) is 3.72. The first-order valence-electron chi connectivity index (χ1n) is 6.14. The number of sulfonamides is 1. The Balaban J connectivity index is 2.34. The van der Waals surface area contributed by atoms with Crippen molar-refractivity contribution < 1.29 is 27.4 Å². The Morgan fingerprint density at radius 2 is 1.96 bits per heavy atom. The van der Waals surface area contributed by atoms with Crippen molar-refractivity contribution in [1.82, 2.24) is 0 Å². The quantitative estimate of drug-likeness (QED) is 0.819. The summed E-state index contributed by atoms with van der Waals surface area (Å²) in [7, 11) is -2.94. The lowest BCUT2D eigenvalue weighted by Gasteiger charge is -2.11. The van der Waals surface area contributed by atoms with E-state index in [1.54, 1.807) is 0 Å². The van der Waals surface area contributed by atoms with Crippen molar-refractivity contribution in [2.75, 3.05) is 11.8 Å². The standard InChI is InChI=1S/C14H11ClFNO5S/c1-22-14(19)10-4-3-9(7-12(10)18)17-23(20,21)13-5-2-8(16)6-11(13)15/h2-7,17-18H,1H3. The first-order valence-corrected chi connectivity index (χ1v) is 8.00. The van der Waals surface area contributed by atoms with E-state index in [2.05, 4.69) is 9.46 Å². The van der Waals surface area contributed by atoms with E-state index in [1.807, 2.05) is 0 Å². The van der Waals surface area contributed by atoms with Crippen molar-refractivity contribution in [3.8, 4) is 5.75 Å². The summed E-state index contributed by atoms with van der Waals surface area (Å²) < 4.78 is 44.1. The highest BCUT2D eigenvalue weighted by atomic mass is 35.5. The molecular formula is C14H11ClFNO5S. The number of anilines is 1. The van der Waals surface area contributed by atoms with Gasteiger partial charge in [-0.25, -0.2) is 17.6 Å². The Labute approximate surface area is 136 Å². The molecule has 0 fully saturated rings. The highest BCUT2D eigenvalue weighted by Gasteiger charge is 2.20. The SMILES string of the molecule is COC(=O)c1ccc(NS(=O)(=O)c2ccc(F)cc2Cl)cc1O. The number of aromatic hydroxyl groups is 1. The van der Waals surface area contributed by atoms with E-state index < -0.39 is 27.6 Å². The van der Waals surface area contributed by atoms with Crippen molar-refractivity contribution in [3.05, 3.63) is 52.8 Å². The number of phenolic OH excluding ortho intramolecular Hbond substituents is 1. The minimum Gasteiger partial charge on any atom is -0.507 e. The van der Waals surface area contributed by atoms with Crippen molar-refractivity contribution in [2.45, 2.75) is 4.90 Å². The van der Waals surface area contributed by atoms with E-state index >= 15 is 0 Å². The average molecular weight is 360 g/mol. The van der Waals surface area contributed by atoms with Crippen LogP contribution in [0.5, 0.6) is 5.75 Å². The maximum absolute atomic E-state index is 13.0. The molecule has 0 aliphatic heterocycles. The number of carbonyl (C=O) groups excluding carboxylic acids is 1. The van der Waals surface area contributed by atoms with Gasteiger partial charge in [0.15, 0.2) is 0 Å². The summed E-state index contributed by atoms with van der Waals surface area (Å²) in [5, 5.41) is 9.46. The van der Waals surface area contributed by atoms with Crippen molar-refractivity contribution in [2.24, 2.45) is 0 Å². The molecule has 2 aromatic carbocycles. The van der Waals surface area contributed by atoms with E-state index in [9.17, 15) is 22.7 Å². The van der Waals surface area contributed by atoms with Gasteiger partial charge < -0.3 is 9.84 Å². The highest BCUT2D eigenvalue weighted by Crippen LogP contribution is 2.27. The summed E-state index contributed by atoms with van der Waals surface area (Å²) in [6, 6.07) is 6.35. The number of esters is 1. The molecule has 2 N–H and O–H groups in total. The second kappa shape index (κ2) is 6.43. The number of nitrogens with one attached hydrogen (secondary N) is 1. The van der Waals surface area contributed by atoms with Crippen LogP contribution >= 0.6 is 11.6 Å². The predicted octanol–water partition coefficient (Wildman–Crippen LogP) is 2.77. The summed E-state index contributed by atoms with van der Waals surface area (Å²) in [5.41, 5.74) is -0.120. The maximum atomic E-state index is 13.0. The van der Waals surface area contributed by atoms with Crippen LogP contribution < -0.4 is 4.72 Å². The zero-order chi connectivity index (χ0) is 17.2. The molecule has 0 unspecified atom stereocenters. The second-order valence-corrected chi connectivity index (χ2v) is 6.46. The van der Waals surface area contributed by atoms with E-state index in [1.165, 1.54) is 12.1 Å². The lowest BCUT2D eigenvalue weighted by Crippen LogP contribution is -2.14.